The molecular weight excluding hydrogens is 478 g/mol. The lowest BCUT2D eigenvalue weighted by Crippen LogP contribution is -2.48. The summed E-state index contributed by atoms with van der Waals surface area (Å²) >= 11 is 0. The molecule has 1 aliphatic rings. The van der Waals surface area contributed by atoms with Crippen molar-refractivity contribution >= 4 is 34.7 Å². The fourth-order valence-electron chi connectivity index (χ4n) is 4.21. The molecule has 0 atom stereocenters. The van der Waals surface area contributed by atoms with Gasteiger partial charge in [-0.1, -0.05) is 19.4 Å². The highest BCUT2D eigenvalue weighted by atomic mass is 16.6. The normalized spacial score (nSPS) is 14.3. The second kappa shape index (κ2) is 12.5. The Labute approximate surface area is 214 Å². The molecule has 1 aliphatic heterocycles. The topological polar surface area (TPSA) is 185 Å². The van der Waals surface area contributed by atoms with E-state index in [9.17, 15) is 9.59 Å². The Bertz CT molecular complexity index is 1230. The van der Waals surface area contributed by atoms with Crippen molar-refractivity contribution in [3.8, 4) is 0 Å². The highest BCUT2D eigenvalue weighted by molar-refractivity contribution is 5.82. The van der Waals surface area contributed by atoms with E-state index >= 15 is 0 Å². The Morgan fingerprint density at radius 3 is 2.70 bits per heavy atom. The van der Waals surface area contributed by atoms with Gasteiger partial charge in [-0.2, -0.15) is 9.97 Å². The molecule has 0 aliphatic carbocycles. The number of aromatic nitrogens is 5. The van der Waals surface area contributed by atoms with Crippen LogP contribution >= 0.6 is 0 Å². The molecule has 3 aromatic rings. The molecular formula is C23H35N11O3. The summed E-state index contributed by atoms with van der Waals surface area (Å²) in [7, 11) is 0. The first-order chi connectivity index (χ1) is 18.0. The van der Waals surface area contributed by atoms with Crippen molar-refractivity contribution in [3.63, 3.8) is 0 Å². The SMILES string of the molecule is CCCCNc1nc(N)c2[nH]c(=O)n(Cc3ccc(N4CCN(CCNC(=O)CON)CC4)nc3)c2n1. The van der Waals surface area contributed by atoms with Gasteiger partial charge in [-0.25, -0.2) is 15.7 Å². The van der Waals surface area contributed by atoms with E-state index in [1.54, 1.807) is 10.8 Å². The quantitative estimate of drug-likeness (QED) is 0.155. The number of imidazole rings is 1. The van der Waals surface area contributed by atoms with E-state index in [1.165, 1.54) is 0 Å². The van der Waals surface area contributed by atoms with Crippen LogP contribution in [-0.4, -0.2) is 87.7 Å². The molecule has 37 heavy (non-hydrogen) atoms. The van der Waals surface area contributed by atoms with Crippen LogP contribution in [0.25, 0.3) is 11.2 Å². The Morgan fingerprint density at radius 2 is 2.00 bits per heavy atom. The van der Waals surface area contributed by atoms with Gasteiger partial charge in [-0.3, -0.25) is 19.1 Å². The summed E-state index contributed by atoms with van der Waals surface area (Å²) in [6.45, 7) is 7.73. The predicted octanol–water partition coefficient (Wildman–Crippen LogP) is -0.514. The highest BCUT2D eigenvalue weighted by Crippen LogP contribution is 2.19. The number of nitrogen functional groups attached to an aromatic ring is 1. The van der Waals surface area contributed by atoms with Crippen molar-refractivity contribution in [1.29, 1.82) is 0 Å². The van der Waals surface area contributed by atoms with Crippen LogP contribution < -0.4 is 32.9 Å². The Kier molecular flexibility index (Phi) is 8.87. The summed E-state index contributed by atoms with van der Waals surface area (Å²) in [6, 6.07) is 3.94. The van der Waals surface area contributed by atoms with E-state index in [0.29, 0.717) is 30.2 Å². The molecule has 7 N–H and O–H groups in total. The van der Waals surface area contributed by atoms with E-state index < -0.39 is 0 Å². The third-order valence-corrected chi connectivity index (χ3v) is 6.27. The zero-order valence-electron chi connectivity index (χ0n) is 21.1. The van der Waals surface area contributed by atoms with E-state index in [4.69, 9.17) is 11.6 Å². The van der Waals surface area contributed by atoms with Gasteiger partial charge in [-0.15, -0.1) is 0 Å². The maximum Gasteiger partial charge on any atom is 0.328 e. The minimum atomic E-state index is -0.298. The number of H-pyrrole nitrogens is 1. The monoisotopic (exact) mass is 513 g/mol. The molecule has 0 aromatic carbocycles. The Morgan fingerprint density at radius 1 is 1.19 bits per heavy atom. The molecule has 14 nitrogen and oxygen atoms in total. The first-order valence-electron chi connectivity index (χ1n) is 12.5. The fraction of sp³-hybridized carbons (Fsp3) is 0.522. The van der Waals surface area contributed by atoms with Gasteiger partial charge in [0.25, 0.3) is 0 Å². The largest absolute Gasteiger partial charge is 0.382 e. The van der Waals surface area contributed by atoms with Crippen LogP contribution in [0.2, 0.25) is 0 Å². The maximum atomic E-state index is 12.7. The number of hydrogen-bond donors (Lipinski definition) is 5. The molecule has 1 fully saturated rings. The van der Waals surface area contributed by atoms with Gasteiger partial charge in [0, 0.05) is 52.0 Å². The molecule has 1 saturated heterocycles. The Balaban J connectivity index is 1.35. The number of amides is 1. The summed E-state index contributed by atoms with van der Waals surface area (Å²) in [4.78, 5) is 49.1. The molecule has 1 amide bonds. The third-order valence-electron chi connectivity index (χ3n) is 6.27. The molecule has 0 spiro atoms. The van der Waals surface area contributed by atoms with Crippen molar-refractivity contribution in [1.82, 2.24) is 34.7 Å². The maximum absolute atomic E-state index is 12.7. The second-order valence-electron chi connectivity index (χ2n) is 8.94. The number of hydrogen-bond acceptors (Lipinski definition) is 11. The van der Waals surface area contributed by atoms with Crippen LogP contribution in [0.1, 0.15) is 25.3 Å². The van der Waals surface area contributed by atoms with Crippen molar-refractivity contribution in [2.75, 3.05) is 68.4 Å². The minimum Gasteiger partial charge on any atom is -0.382 e. The molecule has 200 valence electrons. The summed E-state index contributed by atoms with van der Waals surface area (Å²) in [6.07, 6.45) is 3.81. The number of carbonyl (C=O) groups is 1. The van der Waals surface area contributed by atoms with Gasteiger partial charge < -0.3 is 26.3 Å². The smallest absolute Gasteiger partial charge is 0.328 e. The minimum absolute atomic E-state index is 0.135. The number of unbranched alkanes of at least 4 members (excludes halogenated alkanes) is 1. The number of piperazine rings is 1. The lowest BCUT2D eigenvalue weighted by atomic mass is 10.2. The predicted molar refractivity (Wildman–Crippen MR) is 141 cm³/mol. The van der Waals surface area contributed by atoms with Gasteiger partial charge >= 0.3 is 5.69 Å². The Hall–Kier alpha value is -3.75. The van der Waals surface area contributed by atoms with E-state index in [2.05, 4.69) is 52.1 Å². The number of nitrogens with zero attached hydrogens (tertiary/aromatic N) is 6. The van der Waals surface area contributed by atoms with Crippen molar-refractivity contribution in [2.24, 2.45) is 5.90 Å². The summed E-state index contributed by atoms with van der Waals surface area (Å²) in [5, 5.41) is 5.94. The van der Waals surface area contributed by atoms with Crippen LogP contribution in [0, 0.1) is 0 Å². The molecule has 4 heterocycles. The summed E-state index contributed by atoms with van der Waals surface area (Å²) < 4.78 is 1.55. The number of nitrogens with two attached hydrogens (primary N) is 2. The number of aromatic amines is 1. The second-order valence-corrected chi connectivity index (χ2v) is 8.94. The first kappa shape index (κ1) is 26.3. The fourth-order valence-corrected chi connectivity index (χ4v) is 4.21. The van der Waals surface area contributed by atoms with Crippen LogP contribution in [0.4, 0.5) is 17.6 Å². The van der Waals surface area contributed by atoms with E-state index in [-0.39, 0.29) is 24.0 Å². The van der Waals surface area contributed by atoms with E-state index in [0.717, 1.165) is 63.5 Å². The van der Waals surface area contributed by atoms with Crippen molar-refractivity contribution in [2.45, 2.75) is 26.3 Å². The molecule has 14 heteroatoms. The molecule has 4 rings (SSSR count). The average molecular weight is 514 g/mol. The number of anilines is 3. The van der Waals surface area contributed by atoms with Crippen LogP contribution in [-0.2, 0) is 16.2 Å². The number of nitrogens with one attached hydrogen (secondary N) is 3. The first-order valence-corrected chi connectivity index (χ1v) is 12.5. The summed E-state index contributed by atoms with van der Waals surface area (Å²) in [5.41, 5.74) is 7.55. The van der Waals surface area contributed by atoms with Gasteiger partial charge in [0.15, 0.2) is 11.5 Å². The van der Waals surface area contributed by atoms with E-state index in [1.807, 2.05) is 12.1 Å². The van der Waals surface area contributed by atoms with Crippen LogP contribution in [0.3, 0.4) is 0 Å². The highest BCUT2D eigenvalue weighted by Gasteiger charge is 2.19. The standard InChI is InChI=1S/C23H35N11O3/c1-2-3-6-27-22-30-20(24)19-21(31-22)34(23(36)29-19)14-16-4-5-17(28-13-16)33-11-9-32(10-12-33)8-7-26-18(35)15-37-25/h4-5,13H,2-3,6-12,14-15,25H2,1H3,(H,26,35)(H,29,36)(H3,24,27,30,31). The van der Waals surface area contributed by atoms with Gasteiger partial charge in [-0.05, 0) is 18.1 Å². The number of rotatable bonds is 12. The molecule has 3 aromatic heterocycles. The zero-order chi connectivity index (χ0) is 26.2. The van der Waals surface area contributed by atoms with Crippen molar-refractivity contribution in [3.05, 3.63) is 34.4 Å². The van der Waals surface area contributed by atoms with Crippen LogP contribution in [0.15, 0.2) is 23.1 Å². The molecule has 0 bridgehead atoms. The third kappa shape index (κ3) is 6.72. The van der Waals surface area contributed by atoms with Gasteiger partial charge in [0.05, 0.1) is 6.54 Å². The molecule has 0 unspecified atom stereocenters. The lowest BCUT2D eigenvalue weighted by Gasteiger charge is -2.35. The number of fused-ring (bicyclic) bond motifs is 1. The number of carbonyl (C=O) groups excluding carboxylic acids is 1. The summed E-state index contributed by atoms with van der Waals surface area (Å²) in [5.74, 6) is 6.21. The molecule has 0 saturated carbocycles. The van der Waals surface area contributed by atoms with Gasteiger partial charge in [0.1, 0.15) is 17.9 Å². The number of pyridine rings is 1. The zero-order valence-corrected chi connectivity index (χ0v) is 21.1. The average Bonchev–Trinajstić information content (AvgIpc) is 3.21. The van der Waals surface area contributed by atoms with Crippen molar-refractivity contribution < 1.29 is 9.63 Å². The van der Waals surface area contributed by atoms with Crippen LogP contribution in [0.5, 0.6) is 0 Å². The lowest BCUT2D eigenvalue weighted by molar-refractivity contribution is -0.125. The van der Waals surface area contributed by atoms with Gasteiger partial charge in [0.2, 0.25) is 11.9 Å². The molecule has 0 radical (unpaired) electrons.